The molecule has 1 aromatic rings. The lowest BCUT2D eigenvalue weighted by Crippen LogP contribution is -2.53. The molecular formula is C23H34O2. The summed E-state index contributed by atoms with van der Waals surface area (Å²) in [7, 11) is 0. The Kier molecular flexibility index (Phi) is 3.69. The highest BCUT2D eigenvalue weighted by molar-refractivity contribution is 5.18. The second-order valence-electron chi connectivity index (χ2n) is 10.3. The van der Waals surface area contributed by atoms with Crippen LogP contribution in [0.5, 0.6) is 0 Å². The van der Waals surface area contributed by atoms with Crippen molar-refractivity contribution in [3.05, 3.63) is 24.2 Å². The van der Waals surface area contributed by atoms with Crippen LogP contribution in [0.4, 0.5) is 0 Å². The number of furan rings is 1. The number of hydrogen-bond donors (Lipinski definition) is 1. The summed E-state index contributed by atoms with van der Waals surface area (Å²) in [6, 6.07) is 4.28. The molecule has 0 spiro atoms. The lowest BCUT2D eigenvalue weighted by atomic mass is 9.44. The Morgan fingerprint density at radius 3 is 2.56 bits per heavy atom. The quantitative estimate of drug-likeness (QED) is 0.703. The van der Waals surface area contributed by atoms with Gasteiger partial charge < -0.3 is 9.52 Å². The lowest BCUT2D eigenvalue weighted by molar-refractivity contribution is -0.123. The molecule has 0 amide bonds. The SMILES string of the molecule is C[C@]12CC[C@@H](O)C[C@@H]1CC[C@@H]1[C@@H]2CC[C@]2(C)[C@@H](c3ccco3)CC[C@@H]12. The molecule has 2 nitrogen and oxygen atoms in total. The summed E-state index contributed by atoms with van der Waals surface area (Å²) >= 11 is 0. The van der Waals surface area contributed by atoms with Crippen LogP contribution in [0, 0.1) is 34.5 Å². The van der Waals surface area contributed by atoms with E-state index in [-0.39, 0.29) is 6.10 Å². The maximum Gasteiger partial charge on any atom is 0.107 e. The zero-order chi connectivity index (χ0) is 17.2. The first kappa shape index (κ1) is 16.4. The Morgan fingerprint density at radius 2 is 1.76 bits per heavy atom. The molecule has 4 fully saturated rings. The summed E-state index contributed by atoms with van der Waals surface area (Å²) in [5.74, 6) is 5.33. The third-order valence-corrected chi connectivity index (χ3v) is 9.52. The van der Waals surface area contributed by atoms with E-state index in [2.05, 4.69) is 26.0 Å². The molecule has 1 heterocycles. The van der Waals surface area contributed by atoms with Crippen molar-refractivity contribution in [3.63, 3.8) is 0 Å². The van der Waals surface area contributed by atoms with E-state index in [9.17, 15) is 5.11 Å². The fourth-order valence-corrected chi connectivity index (χ4v) is 8.19. The highest BCUT2D eigenvalue weighted by Crippen LogP contribution is 2.68. The molecule has 4 saturated carbocycles. The van der Waals surface area contributed by atoms with Crippen molar-refractivity contribution in [2.45, 2.75) is 83.7 Å². The van der Waals surface area contributed by atoms with Gasteiger partial charge in [0, 0.05) is 5.92 Å². The summed E-state index contributed by atoms with van der Waals surface area (Å²) in [4.78, 5) is 0. The summed E-state index contributed by atoms with van der Waals surface area (Å²) in [6.07, 6.45) is 13.4. The summed E-state index contributed by atoms with van der Waals surface area (Å²) < 4.78 is 5.86. The van der Waals surface area contributed by atoms with Crippen molar-refractivity contribution in [1.29, 1.82) is 0 Å². The van der Waals surface area contributed by atoms with Gasteiger partial charge in [-0.25, -0.2) is 0 Å². The Balaban J connectivity index is 1.44. The largest absolute Gasteiger partial charge is 0.469 e. The van der Waals surface area contributed by atoms with E-state index >= 15 is 0 Å². The highest BCUT2D eigenvalue weighted by Gasteiger charge is 2.60. The Hall–Kier alpha value is -0.760. The number of aliphatic hydroxyl groups excluding tert-OH is 1. The van der Waals surface area contributed by atoms with E-state index in [0.717, 1.165) is 36.5 Å². The van der Waals surface area contributed by atoms with Crippen molar-refractivity contribution >= 4 is 0 Å². The van der Waals surface area contributed by atoms with E-state index < -0.39 is 0 Å². The minimum absolute atomic E-state index is 0.0294. The molecule has 4 aliphatic carbocycles. The van der Waals surface area contributed by atoms with Gasteiger partial charge in [-0.3, -0.25) is 0 Å². The fourth-order valence-electron chi connectivity index (χ4n) is 8.19. The first-order valence-corrected chi connectivity index (χ1v) is 10.7. The van der Waals surface area contributed by atoms with Crippen molar-refractivity contribution in [2.75, 3.05) is 0 Å². The second-order valence-corrected chi connectivity index (χ2v) is 10.3. The Bertz CT molecular complexity index is 622. The van der Waals surface area contributed by atoms with Gasteiger partial charge in [0.25, 0.3) is 0 Å². The van der Waals surface area contributed by atoms with E-state index in [1.165, 1.54) is 50.7 Å². The van der Waals surface area contributed by atoms with Gasteiger partial charge in [0.05, 0.1) is 12.4 Å². The molecule has 0 aromatic carbocycles. The molecule has 0 saturated heterocycles. The Labute approximate surface area is 152 Å². The zero-order valence-electron chi connectivity index (χ0n) is 15.9. The number of fused-ring (bicyclic) bond motifs is 5. The monoisotopic (exact) mass is 342 g/mol. The smallest absolute Gasteiger partial charge is 0.107 e. The van der Waals surface area contributed by atoms with Gasteiger partial charge >= 0.3 is 0 Å². The van der Waals surface area contributed by atoms with Crippen LogP contribution in [-0.4, -0.2) is 11.2 Å². The van der Waals surface area contributed by atoms with Gasteiger partial charge in [-0.15, -0.1) is 0 Å². The molecule has 4 aliphatic rings. The van der Waals surface area contributed by atoms with Gasteiger partial charge in [0.1, 0.15) is 5.76 Å². The third kappa shape index (κ3) is 2.25. The second kappa shape index (κ2) is 5.62. The number of hydrogen-bond acceptors (Lipinski definition) is 2. The van der Waals surface area contributed by atoms with E-state index in [0.29, 0.717) is 16.7 Å². The van der Waals surface area contributed by atoms with Gasteiger partial charge in [-0.05, 0) is 104 Å². The van der Waals surface area contributed by atoms with Crippen molar-refractivity contribution in [1.82, 2.24) is 0 Å². The normalized spacial score (nSPS) is 52.3. The minimum Gasteiger partial charge on any atom is -0.469 e. The van der Waals surface area contributed by atoms with Gasteiger partial charge in [-0.1, -0.05) is 13.8 Å². The highest BCUT2D eigenvalue weighted by atomic mass is 16.3. The molecule has 25 heavy (non-hydrogen) atoms. The van der Waals surface area contributed by atoms with Crippen LogP contribution in [0.25, 0.3) is 0 Å². The molecule has 1 N–H and O–H groups in total. The van der Waals surface area contributed by atoms with Crippen molar-refractivity contribution < 1.29 is 9.52 Å². The molecule has 0 unspecified atom stereocenters. The van der Waals surface area contributed by atoms with Crippen LogP contribution >= 0.6 is 0 Å². The standard InChI is InChI=1S/C23H34O2/c1-22-11-9-16(24)14-15(22)5-6-17-18-7-8-20(21-4-3-13-25-21)23(18,2)12-10-19(17)22/h3-4,13,15-20,24H,5-12,14H2,1-2H3/t15-,16+,17-,18-,19-,20+,22-,23-/m0/s1. The average Bonchev–Trinajstić information content (AvgIpc) is 3.22. The predicted molar refractivity (Wildman–Crippen MR) is 99.2 cm³/mol. The van der Waals surface area contributed by atoms with Crippen LogP contribution in [0.2, 0.25) is 0 Å². The molecule has 8 atom stereocenters. The van der Waals surface area contributed by atoms with Crippen LogP contribution in [0.1, 0.15) is 83.3 Å². The molecular weight excluding hydrogens is 308 g/mol. The Morgan fingerprint density at radius 1 is 0.960 bits per heavy atom. The molecule has 138 valence electrons. The maximum atomic E-state index is 10.2. The topological polar surface area (TPSA) is 33.4 Å². The van der Waals surface area contributed by atoms with E-state index in [4.69, 9.17) is 4.42 Å². The average molecular weight is 343 g/mol. The molecule has 0 bridgehead atoms. The van der Waals surface area contributed by atoms with E-state index in [1.807, 2.05) is 6.26 Å². The summed E-state index contributed by atoms with van der Waals surface area (Å²) in [5, 5.41) is 10.2. The van der Waals surface area contributed by atoms with Gasteiger partial charge in [-0.2, -0.15) is 0 Å². The molecule has 0 radical (unpaired) electrons. The molecule has 5 rings (SSSR count). The number of aliphatic hydroxyl groups is 1. The molecule has 1 aromatic heterocycles. The summed E-state index contributed by atoms with van der Waals surface area (Å²) in [5.41, 5.74) is 0.933. The zero-order valence-corrected chi connectivity index (χ0v) is 15.9. The summed E-state index contributed by atoms with van der Waals surface area (Å²) in [6.45, 7) is 5.16. The molecule has 0 aliphatic heterocycles. The van der Waals surface area contributed by atoms with Crippen molar-refractivity contribution in [2.24, 2.45) is 34.5 Å². The predicted octanol–water partition coefficient (Wildman–Crippen LogP) is 5.77. The van der Waals surface area contributed by atoms with Crippen LogP contribution in [-0.2, 0) is 0 Å². The van der Waals surface area contributed by atoms with Crippen LogP contribution in [0.15, 0.2) is 22.8 Å². The molecule has 2 heteroatoms. The van der Waals surface area contributed by atoms with E-state index in [1.54, 1.807) is 0 Å². The number of rotatable bonds is 1. The minimum atomic E-state index is -0.0294. The maximum absolute atomic E-state index is 10.2. The van der Waals surface area contributed by atoms with Crippen molar-refractivity contribution in [3.8, 4) is 0 Å². The van der Waals surface area contributed by atoms with Gasteiger partial charge in [0.2, 0.25) is 0 Å². The first-order chi connectivity index (χ1) is 12.0. The van der Waals surface area contributed by atoms with Gasteiger partial charge in [0.15, 0.2) is 0 Å². The van der Waals surface area contributed by atoms with Crippen LogP contribution < -0.4 is 0 Å². The lowest BCUT2D eigenvalue weighted by Gasteiger charge is -2.60. The fraction of sp³-hybridized carbons (Fsp3) is 0.826. The van der Waals surface area contributed by atoms with Crippen LogP contribution in [0.3, 0.4) is 0 Å². The third-order valence-electron chi connectivity index (χ3n) is 9.52. The first-order valence-electron chi connectivity index (χ1n) is 10.7.